The Balaban J connectivity index is 1.35. The van der Waals surface area contributed by atoms with Crippen LogP contribution < -0.4 is 15.5 Å². The molecule has 1 aromatic heterocycles. The van der Waals surface area contributed by atoms with Crippen molar-refractivity contribution in [1.29, 1.82) is 0 Å². The maximum absolute atomic E-state index is 13.1. The average molecular weight is 486 g/mol. The Kier molecular flexibility index (Phi) is 8.68. The van der Waals surface area contributed by atoms with Crippen molar-refractivity contribution < 1.29 is 9.59 Å². The number of hydrogen-bond acceptors (Lipinski definition) is 5. The number of para-hydroxylation sites is 2. The van der Waals surface area contributed by atoms with Crippen molar-refractivity contribution in [1.82, 2.24) is 15.2 Å². The van der Waals surface area contributed by atoms with E-state index in [2.05, 4.69) is 43.6 Å². The van der Waals surface area contributed by atoms with Crippen molar-refractivity contribution in [2.24, 2.45) is 0 Å². The van der Waals surface area contributed by atoms with Crippen molar-refractivity contribution in [2.45, 2.75) is 32.7 Å². The number of piperazine rings is 1. The first-order valence-electron chi connectivity index (χ1n) is 12.6. The standard InChI is InChI=1S/C29H35N5O2/c1-22-7-9-25(10-8-22)27(31-23(2)35)21-29(36)32-26-5-3-4-6-28(26)34-19-17-33(18-20-34)16-13-24-11-14-30-15-12-24/h3-12,14-15,27H,13,16-21H2,1-2H3,(H,31,35)(H,32,36). The molecule has 0 spiro atoms. The molecule has 2 heterocycles. The van der Waals surface area contributed by atoms with Gasteiger partial charge in [0.15, 0.2) is 0 Å². The molecule has 4 rings (SSSR count). The third kappa shape index (κ3) is 7.15. The Morgan fingerprint density at radius 1 is 0.944 bits per heavy atom. The van der Waals surface area contributed by atoms with Gasteiger partial charge in [-0.1, -0.05) is 42.0 Å². The van der Waals surface area contributed by atoms with Crippen LogP contribution >= 0.6 is 0 Å². The van der Waals surface area contributed by atoms with Gasteiger partial charge in [-0.25, -0.2) is 0 Å². The Morgan fingerprint density at radius 2 is 1.64 bits per heavy atom. The van der Waals surface area contributed by atoms with Gasteiger partial charge in [0.1, 0.15) is 0 Å². The molecule has 0 radical (unpaired) electrons. The molecule has 3 aromatic rings. The number of pyridine rings is 1. The molecule has 2 amide bonds. The van der Waals surface area contributed by atoms with E-state index in [4.69, 9.17) is 0 Å². The summed E-state index contributed by atoms with van der Waals surface area (Å²) in [5, 5.41) is 6.02. The Labute approximate surface area is 213 Å². The molecule has 0 bridgehead atoms. The molecule has 2 N–H and O–H groups in total. The van der Waals surface area contributed by atoms with Gasteiger partial charge in [0.2, 0.25) is 11.8 Å². The fraction of sp³-hybridized carbons (Fsp3) is 0.345. The minimum atomic E-state index is -0.376. The molecule has 0 saturated carbocycles. The second-order valence-corrected chi connectivity index (χ2v) is 9.37. The number of nitrogens with one attached hydrogen (secondary N) is 2. The molecule has 7 nitrogen and oxygen atoms in total. The number of anilines is 2. The summed E-state index contributed by atoms with van der Waals surface area (Å²) in [4.78, 5) is 33.8. The summed E-state index contributed by atoms with van der Waals surface area (Å²) >= 11 is 0. The maximum atomic E-state index is 13.1. The molecule has 188 valence electrons. The van der Waals surface area contributed by atoms with Crippen LogP contribution in [0.25, 0.3) is 0 Å². The van der Waals surface area contributed by atoms with E-state index in [-0.39, 0.29) is 24.3 Å². The lowest BCUT2D eigenvalue weighted by Crippen LogP contribution is -2.47. The minimum Gasteiger partial charge on any atom is -0.367 e. The summed E-state index contributed by atoms with van der Waals surface area (Å²) in [6.07, 6.45) is 4.88. The summed E-state index contributed by atoms with van der Waals surface area (Å²) in [5.74, 6) is -0.284. The lowest BCUT2D eigenvalue weighted by atomic mass is 10.0. The summed E-state index contributed by atoms with van der Waals surface area (Å²) in [6, 6.07) is 19.6. The van der Waals surface area contributed by atoms with Gasteiger partial charge in [0.25, 0.3) is 0 Å². The highest BCUT2D eigenvalue weighted by Gasteiger charge is 2.21. The molecule has 2 aromatic carbocycles. The van der Waals surface area contributed by atoms with Crippen LogP contribution in [0.4, 0.5) is 11.4 Å². The van der Waals surface area contributed by atoms with Crippen LogP contribution in [-0.4, -0.2) is 54.4 Å². The molecule has 7 heteroatoms. The number of hydrogen-bond donors (Lipinski definition) is 2. The van der Waals surface area contributed by atoms with Crippen LogP contribution in [0.15, 0.2) is 73.1 Å². The summed E-state index contributed by atoms with van der Waals surface area (Å²) in [7, 11) is 0. The largest absolute Gasteiger partial charge is 0.367 e. The molecule has 1 saturated heterocycles. The number of aryl methyl sites for hydroxylation is 1. The Bertz CT molecular complexity index is 1140. The van der Waals surface area contributed by atoms with Gasteiger partial charge in [-0.3, -0.25) is 19.5 Å². The molecule has 1 aliphatic rings. The van der Waals surface area contributed by atoms with E-state index in [0.29, 0.717) is 0 Å². The molecule has 0 aliphatic carbocycles. The van der Waals surface area contributed by atoms with Crippen LogP contribution in [0.1, 0.15) is 36.1 Å². The molecule has 1 unspecified atom stereocenters. The highest BCUT2D eigenvalue weighted by molar-refractivity contribution is 5.95. The quantitative estimate of drug-likeness (QED) is 0.480. The number of carbonyl (C=O) groups excluding carboxylic acids is 2. The van der Waals surface area contributed by atoms with Crippen LogP contribution in [0, 0.1) is 6.92 Å². The van der Waals surface area contributed by atoms with Crippen molar-refractivity contribution in [3.8, 4) is 0 Å². The first-order chi connectivity index (χ1) is 17.5. The number of rotatable bonds is 9. The molecule has 1 aliphatic heterocycles. The number of amides is 2. The van der Waals surface area contributed by atoms with Crippen molar-refractivity contribution in [3.63, 3.8) is 0 Å². The minimum absolute atomic E-state index is 0.127. The highest BCUT2D eigenvalue weighted by atomic mass is 16.2. The van der Waals surface area contributed by atoms with Gasteiger partial charge in [-0.15, -0.1) is 0 Å². The zero-order valence-electron chi connectivity index (χ0n) is 21.1. The first kappa shape index (κ1) is 25.4. The Morgan fingerprint density at radius 3 is 2.33 bits per heavy atom. The third-order valence-corrected chi connectivity index (χ3v) is 6.60. The van der Waals surface area contributed by atoms with E-state index in [1.54, 1.807) is 0 Å². The van der Waals surface area contributed by atoms with E-state index in [0.717, 1.165) is 61.6 Å². The second kappa shape index (κ2) is 12.3. The highest BCUT2D eigenvalue weighted by Crippen LogP contribution is 2.28. The van der Waals surface area contributed by atoms with E-state index in [9.17, 15) is 9.59 Å². The van der Waals surface area contributed by atoms with E-state index < -0.39 is 0 Å². The van der Waals surface area contributed by atoms with Gasteiger partial charge >= 0.3 is 0 Å². The lowest BCUT2D eigenvalue weighted by Gasteiger charge is -2.37. The van der Waals surface area contributed by atoms with Gasteiger partial charge in [-0.2, -0.15) is 0 Å². The van der Waals surface area contributed by atoms with Crippen molar-refractivity contribution >= 4 is 23.2 Å². The molecule has 1 atom stereocenters. The lowest BCUT2D eigenvalue weighted by molar-refractivity contribution is -0.120. The zero-order chi connectivity index (χ0) is 25.3. The third-order valence-electron chi connectivity index (χ3n) is 6.60. The topological polar surface area (TPSA) is 77.6 Å². The number of aromatic nitrogens is 1. The van der Waals surface area contributed by atoms with E-state index in [1.165, 1.54) is 12.5 Å². The van der Waals surface area contributed by atoms with E-state index >= 15 is 0 Å². The van der Waals surface area contributed by atoms with Crippen LogP contribution in [0.5, 0.6) is 0 Å². The Hall–Kier alpha value is -3.71. The second-order valence-electron chi connectivity index (χ2n) is 9.37. The summed E-state index contributed by atoms with van der Waals surface area (Å²) in [5.41, 5.74) is 5.20. The van der Waals surface area contributed by atoms with Crippen LogP contribution in [-0.2, 0) is 16.0 Å². The van der Waals surface area contributed by atoms with Crippen molar-refractivity contribution in [2.75, 3.05) is 42.9 Å². The zero-order valence-corrected chi connectivity index (χ0v) is 21.1. The van der Waals surface area contributed by atoms with Crippen LogP contribution in [0.3, 0.4) is 0 Å². The van der Waals surface area contributed by atoms with Gasteiger partial charge in [0, 0.05) is 52.0 Å². The van der Waals surface area contributed by atoms with Gasteiger partial charge in [-0.05, 0) is 48.7 Å². The SMILES string of the molecule is CC(=O)NC(CC(=O)Nc1ccccc1N1CCN(CCc2ccncc2)CC1)c1ccc(C)cc1. The maximum Gasteiger partial charge on any atom is 0.226 e. The number of nitrogens with zero attached hydrogens (tertiary/aromatic N) is 3. The molecule has 36 heavy (non-hydrogen) atoms. The summed E-state index contributed by atoms with van der Waals surface area (Å²) in [6.45, 7) is 8.28. The number of benzene rings is 2. The number of carbonyl (C=O) groups is 2. The molecule has 1 fully saturated rings. The van der Waals surface area contributed by atoms with Gasteiger partial charge in [0.05, 0.1) is 23.8 Å². The first-order valence-corrected chi connectivity index (χ1v) is 12.6. The van der Waals surface area contributed by atoms with Gasteiger partial charge < -0.3 is 15.5 Å². The fourth-order valence-electron chi connectivity index (χ4n) is 4.59. The smallest absolute Gasteiger partial charge is 0.226 e. The molecular formula is C29H35N5O2. The van der Waals surface area contributed by atoms with E-state index in [1.807, 2.05) is 61.8 Å². The molecular weight excluding hydrogens is 450 g/mol. The van der Waals surface area contributed by atoms with Crippen LogP contribution in [0.2, 0.25) is 0 Å². The van der Waals surface area contributed by atoms with Crippen molar-refractivity contribution in [3.05, 3.63) is 89.7 Å². The average Bonchev–Trinajstić information content (AvgIpc) is 2.88. The monoisotopic (exact) mass is 485 g/mol. The summed E-state index contributed by atoms with van der Waals surface area (Å²) < 4.78 is 0. The predicted molar refractivity (Wildman–Crippen MR) is 144 cm³/mol. The predicted octanol–water partition coefficient (Wildman–Crippen LogP) is 3.96. The normalized spacial score (nSPS) is 14.8. The fourth-order valence-corrected chi connectivity index (χ4v) is 4.59.